The van der Waals surface area contributed by atoms with Crippen LogP contribution in [-0.4, -0.2) is 38.3 Å². The van der Waals surface area contributed by atoms with Gasteiger partial charge < -0.3 is 10.4 Å². The molecule has 0 bridgehead atoms. The number of rotatable bonds is 5. The molecular formula is C13H24N4O. The van der Waals surface area contributed by atoms with Crippen LogP contribution in [0.3, 0.4) is 0 Å². The fraction of sp³-hybridized carbons (Fsp3) is 0.846. The van der Waals surface area contributed by atoms with Gasteiger partial charge in [0.25, 0.3) is 0 Å². The zero-order chi connectivity index (χ0) is 13.0. The minimum absolute atomic E-state index is 0.576. The summed E-state index contributed by atoms with van der Waals surface area (Å²) in [5.74, 6) is 0. The van der Waals surface area contributed by atoms with Gasteiger partial charge in [-0.3, -0.25) is 4.68 Å². The molecule has 1 heterocycles. The standard InChI is InChI=1S/C13H24N4O/c1-3-8-14-11-4-6-13(18,7-5-11)9-12-10-17(2)16-15-12/h10-11,14,18H,3-9H2,1-2H3. The van der Waals surface area contributed by atoms with E-state index in [9.17, 15) is 5.11 Å². The molecule has 1 saturated carbocycles. The Bertz CT molecular complexity index is 369. The first-order valence-corrected chi connectivity index (χ1v) is 6.92. The van der Waals surface area contributed by atoms with Crippen molar-refractivity contribution in [1.82, 2.24) is 20.3 Å². The molecule has 5 nitrogen and oxygen atoms in total. The van der Waals surface area contributed by atoms with Gasteiger partial charge in [0.05, 0.1) is 11.3 Å². The third-order valence-electron chi connectivity index (χ3n) is 3.76. The van der Waals surface area contributed by atoms with Gasteiger partial charge in [-0.1, -0.05) is 12.1 Å². The van der Waals surface area contributed by atoms with Crippen molar-refractivity contribution in [3.8, 4) is 0 Å². The summed E-state index contributed by atoms with van der Waals surface area (Å²) in [7, 11) is 1.85. The molecule has 5 heteroatoms. The van der Waals surface area contributed by atoms with Crippen LogP contribution in [0.25, 0.3) is 0 Å². The molecule has 102 valence electrons. The van der Waals surface area contributed by atoms with Gasteiger partial charge in [-0.15, -0.1) is 5.10 Å². The summed E-state index contributed by atoms with van der Waals surface area (Å²) < 4.78 is 1.69. The van der Waals surface area contributed by atoms with Crippen molar-refractivity contribution in [2.45, 2.75) is 57.1 Å². The van der Waals surface area contributed by atoms with Gasteiger partial charge in [0.1, 0.15) is 0 Å². The molecule has 1 fully saturated rings. The lowest BCUT2D eigenvalue weighted by Crippen LogP contribution is -2.42. The summed E-state index contributed by atoms with van der Waals surface area (Å²) in [6.07, 6.45) is 7.49. The van der Waals surface area contributed by atoms with E-state index < -0.39 is 5.60 Å². The van der Waals surface area contributed by atoms with E-state index in [1.54, 1.807) is 4.68 Å². The Morgan fingerprint density at radius 1 is 1.50 bits per heavy atom. The lowest BCUT2D eigenvalue weighted by molar-refractivity contribution is -0.00386. The molecule has 1 aliphatic rings. The summed E-state index contributed by atoms with van der Waals surface area (Å²) in [4.78, 5) is 0. The van der Waals surface area contributed by atoms with Crippen molar-refractivity contribution in [3.05, 3.63) is 11.9 Å². The third kappa shape index (κ3) is 3.53. The van der Waals surface area contributed by atoms with Crippen LogP contribution in [0.4, 0.5) is 0 Å². The molecule has 0 spiro atoms. The van der Waals surface area contributed by atoms with Crippen LogP contribution >= 0.6 is 0 Å². The highest BCUT2D eigenvalue weighted by molar-refractivity contribution is 5.01. The molecule has 2 rings (SSSR count). The van der Waals surface area contributed by atoms with E-state index in [-0.39, 0.29) is 0 Å². The quantitative estimate of drug-likeness (QED) is 0.821. The molecule has 0 saturated heterocycles. The Labute approximate surface area is 109 Å². The Hall–Kier alpha value is -0.940. The maximum absolute atomic E-state index is 10.6. The van der Waals surface area contributed by atoms with Gasteiger partial charge in [0, 0.05) is 25.7 Å². The largest absolute Gasteiger partial charge is 0.389 e. The number of aliphatic hydroxyl groups is 1. The van der Waals surface area contributed by atoms with E-state index in [1.807, 2.05) is 13.2 Å². The van der Waals surface area contributed by atoms with Crippen molar-refractivity contribution in [1.29, 1.82) is 0 Å². The summed E-state index contributed by atoms with van der Waals surface area (Å²) in [5, 5.41) is 22.1. The molecule has 2 N–H and O–H groups in total. The normalized spacial score (nSPS) is 28.5. The van der Waals surface area contributed by atoms with Gasteiger partial charge in [-0.05, 0) is 38.6 Å². The number of nitrogens with zero attached hydrogens (tertiary/aromatic N) is 3. The molecular weight excluding hydrogens is 228 g/mol. The van der Waals surface area contributed by atoms with Crippen molar-refractivity contribution >= 4 is 0 Å². The van der Waals surface area contributed by atoms with Crippen molar-refractivity contribution in [2.24, 2.45) is 7.05 Å². The average molecular weight is 252 g/mol. The molecule has 0 amide bonds. The van der Waals surface area contributed by atoms with Crippen LogP contribution in [0.2, 0.25) is 0 Å². The molecule has 0 atom stereocenters. The minimum atomic E-state index is -0.583. The van der Waals surface area contributed by atoms with Gasteiger partial charge >= 0.3 is 0 Å². The Morgan fingerprint density at radius 3 is 2.78 bits per heavy atom. The van der Waals surface area contributed by atoms with Crippen LogP contribution in [-0.2, 0) is 13.5 Å². The number of aryl methyl sites for hydroxylation is 1. The Balaban J connectivity index is 1.83. The highest BCUT2D eigenvalue weighted by Gasteiger charge is 2.33. The molecule has 0 aliphatic heterocycles. The maximum atomic E-state index is 10.6. The predicted molar refractivity (Wildman–Crippen MR) is 70.2 cm³/mol. The van der Waals surface area contributed by atoms with E-state index >= 15 is 0 Å². The first kappa shape index (κ1) is 13.5. The van der Waals surface area contributed by atoms with E-state index in [4.69, 9.17) is 0 Å². The summed E-state index contributed by atoms with van der Waals surface area (Å²) >= 11 is 0. The Morgan fingerprint density at radius 2 is 2.22 bits per heavy atom. The zero-order valence-corrected chi connectivity index (χ0v) is 11.4. The first-order chi connectivity index (χ1) is 8.61. The lowest BCUT2D eigenvalue weighted by Gasteiger charge is -2.36. The topological polar surface area (TPSA) is 63.0 Å². The molecule has 0 radical (unpaired) electrons. The highest BCUT2D eigenvalue weighted by atomic mass is 16.3. The molecule has 1 aliphatic carbocycles. The van der Waals surface area contributed by atoms with Gasteiger partial charge in [-0.2, -0.15) is 0 Å². The number of nitrogens with one attached hydrogen (secondary N) is 1. The van der Waals surface area contributed by atoms with Crippen molar-refractivity contribution in [2.75, 3.05) is 6.54 Å². The van der Waals surface area contributed by atoms with Gasteiger partial charge in [0.15, 0.2) is 0 Å². The fourth-order valence-electron chi connectivity index (χ4n) is 2.70. The third-order valence-corrected chi connectivity index (χ3v) is 3.76. The average Bonchev–Trinajstić information content (AvgIpc) is 2.74. The number of hydrogen-bond donors (Lipinski definition) is 2. The Kier molecular flexibility index (Phi) is 4.35. The van der Waals surface area contributed by atoms with Crippen LogP contribution < -0.4 is 5.32 Å². The molecule has 0 aromatic carbocycles. The SMILES string of the molecule is CCCNC1CCC(O)(Cc2cn(C)nn2)CC1. The second-order valence-corrected chi connectivity index (χ2v) is 5.51. The smallest absolute Gasteiger partial charge is 0.0855 e. The molecule has 18 heavy (non-hydrogen) atoms. The molecule has 1 aromatic heterocycles. The number of aromatic nitrogens is 3. The lowest BCUT2D eigenvalue weighted by atomic mass is 9.79. The zero-order valence-electron chi connectivity index (χ0n) is 11.4. The summed E-state index contributed by atoms with van der Waals surface area (Å²) in [5.41, 5.74) is 0.306. The molecule has 0 unspecified atom stereocenters. The number of hydrogen-bond acceptors (Lipinski definition) is 4. The molecule has 1 aromatic rings. The second kappa shape index (κ2) is 5.80. The van der Waals surface area contributed by atoms with Crippen molar-refractivity contribution in [3.63, 3.8) is 0 Å². The summed E-state index contributed by atoms with van der Waals surface area (Å²) in [6, 6.07) is 0.576. The monoisotopic (exact) mass is 252 g/mol. The van der Waals surface area contributed by atoms with Crippen LogP contribution in [0, 0.1) is 0 Å². The predicted octanol–water partition coefficient (Wildman–Crippen LogP) is 1.03. The summed E-state index contributed by atoms with van der Waals surface area (Å²) in [6.45, 7) is 3.26. The van der Waals surface area contributed by atoms with E-state index in [2.05, 4.69) is 22.6 Å². The van der Waals surface area contributed by atoms with Crippen molar-refractivity contribution < 1.29 is 5.11 Å². The van der Waals surface area contributed by atoms with Gasteiger partial charge in [0.2, 0.25) is 0 Å². The maximum Gasteiger partial charge on any atom is 0.0855 e. The first-order valence-electron chi connectivity index (χ1n) is 6.92. The van der Waals surface area contributed by atoms with E-state index in [1.165, 1.54) is 6.42 Å². The second-order valence-electron chi connectivity index (χ2n) is 5.51. The highest BCUT2D eigenvalue weighted by Crippen LogP contribution is 2.30. The fourth-order valence-corrected chi connectivity index (χ4v) is 2.70. The van der Waals surface area contributed by atoms with Crippen LogP contribution in [0.5, 0.6) is 0 Å². The van der Waals surface area contributed by atoms with E-state index in [0.717, 1.165) is 37.9 Å². The van der Waals surface area contributed by atoms with Crippen LogP contribution in [0.15, 0.2) is 6.20 Å². The van der Waals surface area contributed by atoms with Gasteiger partial charge in [-0.25, -0.2) is 0 Å². The minimum Gasteiger partial charge on any atom is -0.389 e. The van der Waals surface area contributed by atoms with Crippen LogP contribution in [0.1, 0.15) is 44.7 Å². The van der Waals surface area contributed by atoms with E-state index in [0.29, 0.717) is 12.5 Å².